The Balaban J connectivity index is 2.97. The van der Waals surface area contributed by atoms with Crippen molar-refractivity contribution < 1.29 is 4.79 Å². The van der Waals surface area contributed by atoms with E-state index in [1.807, 2.05) is 30.3 Å². The number of nitrogens with one attached hydrogen (secondary N) is 1. The number of terminal acetylenes is 1. The van der Waals surface area contributed by atoms with Crippen molar-refractivity contribution in [2.45, 2.75) is 6.92 Å². The minimum Gasteiger partial charge on any atom is -0.325 e. The molecule has 0 atom stereocenters. The predicted molar refractivity (Wildman–Crippen MR) is 57.1 cm³/mol. The average Bonchev–Trinajstić information content (AvgIpc) is 2.18. The highest BCUT2D eigenvalue weighted by Crippen LogP contribution is 2.09. The summed E-state index contributed by atoms with van der Waals surface area (Å²) in [7, 11) is 0. The van der Waals surface area contributed by atoms with Crippen LogP contribution in [0.3, 0.4) is 0 Å². The lowest BCUT2D eigenvalue weighted by atomic mass is 10.1. The van der Waals surface area contributed by atoms with Crippen molar-refractivity contribution in [3.05, 3.63) is 42.0 Å². The summed E-state index contributed by atoms with van der Waals surface area (Å²) in [5.41, 5.74) is 1.56. The Labute approximate surface area is 83.6 Å². The summed E-state index contributed by atoms with van der Waals surface area (Å²) >= 11 is 0. The molecule has 1 rings (SSSR count). The van der Waals surface area contributed by atoms with Crippen molar-refractivity contribution in [1.82, 2.24) is 5.32 Å². The molecule has 1 N–H and O–H groups in total. The molecule has 70 valence electrons. The highest BCUT2D eigenvalue weighted by Gasteiger charge is 2.00. The number of carbonyl (C=O) groups is 1. The third kappa shape index (κ3) is 2.80. The Hall–Kier alpha value is -2.01. The van der Waals surface area contributed by atoms with E-state index in [0.717, 1.165) is 5.56 Å². The van der Waals surface area contributed by atoms with Gasteiger partial charge < -0.3 is 5.32 Å². The second kappa shape index (κ2) is 4.88. The average molecular weight is 185 g/mol. The molecule has 1 amide bonds. The van der Waals surface area contributed by atoms with E-state index < -0.39 is 0 Å². The number of amides is 1. The number of carbonyl (C=O) groups excluding carboxylic acids is 1. The molecule has 1 aromatic carbocycles. The molecule has 0 heterocycles. The molecule has 2 nitrogen and oxygen atoms in total. The van der Waals surface area contributed by atoms with Crippen molar-refractivity contribution in [3.8, 4) is 12.3 Å². The monoisotopic (exact) mass is 185 g/mol. The highest BCUT2D eigenvalue weighted by atomic mass is 16.1. The number of hydrogen-bond acceptors (Lipinski definition) is 1. The zero-order chi connectivity index (χ0) is 10.4. The molecule has 0 aliphatic heterocycles. The van der Waals surface area contributed by atoms with Crippen LogP contribution in [0.1, 0.15) is 12.5 Å². The summed E-state index contributed by atoms with van der Waals surface area (Å²) in [4.78, 5) is 10.9. The maximum Gasteiger partial charge on any atom is 0.221 e. The van der Waals surface area contributed by atoms with Crippen LogP contribution in [-0.4, -0.2) is 5.91 Å². The molecular weight excluding hydrogens is 174 g/mol. The van der Waals surface area contributed by atoms with Gasteiger partial charge in [-0.25, -0.2) is 0 Å². The first-order chi connectivity index (χ1) is 6.74. The van der Waals surface area contributed by atoms with Gasteiger partial charge in [-0.2, -0.15) is 0 Å². The minimum absolute atomic E-state index is 0.129. The van der Waals surface area contributed by atoms with Gasteiger partial charge in [0, 0.05) is 13.0 Å². The van der Waals surface area contributed by atoms with Gasteiger partial charge in [0.15, 0.2) is 0 Å². The third-order valence-corrected chi connectivity index (χ3v) is 1.62. The van der Waals surface area contributed by atoms with Crippen LogP contribution < -0.4 is 5.32 Å². The largest absolute Gasteiger partial charge is 0.325 e. The molecule has 1 aromatic rings. The van der Waals surface area contributed by atoms with Crippen LogP contribution in [0, 0.1) is 12.3 Å². The number of hydrogen-bond donors (Lipinski definition) is 1. The molecule has 0 aromatic heterocycles. The molecule has 0 aliphatic rings. The first-order valence-corrected chi connectivity index (χ1v) is 4.23. The molecule has 0 saturated heterocycles. The molecular formula is C12H11NO. The van der Waals surface area contributed by atoms with Gasteiger partial charge in [-0.3, -0.25) is 4.79 Å². The number of benzene rings is 1. The van der Waals surface area contributed by atoms with Gasteiger partial charge in [-0.15, -0.1) is 6.42 Å². The minimum atomic E-state index is -0.129. The molecule has 2 heteroatoms. The lowest BCUT2D eigenvalue weighted by molar-refractivity contribution is -0.117. The van der Waals surface area contributed by atoms with E-state index in [0.29, 0.717) is 5.70 Å². The van der Waals surface area contributed by atoms with Crippen LogP contribution in [0.2, 0.25) is 0 Å². The zero-order valence-electron chi connectivity index (χ0n) is 7.95. The van der Waals surface area contributed by atoms with Gasteiger partial charge in [0.2, 0.25) is 5.91 Å². The van der Waals surface area contributed by atoms with Gasteiger partial charge >= 0.3 is 0 Å². The first-order valence-electron chi connectivity index (χ1n) is 4.23. The molecule has 0 bridgehead atoms. The van der Waals surface area contributed by atoms with E-state index in [4.69, 9.17) is 6.42 Å². The lowest BCUT2D eigenvalue weighted by Crippen LogP contribution is -2.17. The van der Waals surface area contributed by atoms with E-state index in [-0.39, 0.29) is 5.91 Å². The Morgan fingerprint density at radius 3 is 2.57 bits per heavy atom. The number of rotatable bonds is 2. The normalized spacial score (nSPS) is 10.4. The molecule has 0 spiro atoms. The first kappa shape index (κ1) is 10.1. The fraction of sp³-hybridized carbons (Fsp3) is 0.0833. The molecule has 0 aliphatic carbocycles. The van der Waals surface area contributed by atoms with Gasteiger partial charge in [0.05, 0.1) is 5.70 Å². The van der Waals surface area contributed by atoms with Crippen molar-refractivity contribution >= 4 is 11.6 Å². The number of allylic oxidation sites excluding steroid dienone is 1. The lowest BCUT2D eigenvalue weighted by Gasteiger charge is -2.06. The van der Waals surface area contributed by atoms with Crippen LogP contribution in [0.25, 0.3) is 5.70 Å². The Bertz CT molecular complexity index is 385. The zero-order valence-corrected chi connectivity index (χ0v) is 7.95. The van der Waals surface area contributed by atoms with E-state index in [9.17, 15) is 4.79 Å². The van der Waals surface area contributed by atoms with Crippen molar-refractivity contribution in [2.75, 3.05) is 0 Å². The summed E-state index contributed by atoms with van der Waals surface area (Å²) in [6.07, 6.45) is 6.70. The van der Waals surface area contributed by atoms with Crippen LogP contribution >= 0.6 is 0 Å². The van der Waals surface area contributed by atoms with E-state index in [1.165, 1.54) is 13.0 Å². The summed E-state index contributed by atoms with van der Waals surface area (Å²) in [6.45, 7) is 1.45. The Morgan fingerprint density at radius 1 is 1.43 bits per heavy atom. The Kier molecular flexibility index (Phi) is 3.51. The molecule has 0 fully saturated rings. The molecule has 14 heavy (non-hydrogen) atoms. The van der Waals surface area contributed by atoms with E-state index in [2.05, 4.69) is 11.2 Å². The summed E-state index contributed by atoms with van der Waals surface area (Å²) in [6, 6.07) is 9.46. The maximum absolute atomic E-state index is 10.9. The molecule has 0 radical (unpaired) electrons. The maximum atomic E-state index is 10.9. The third-order valence-electron chi connectivity index (χ3n) is 1.62. The van der Waals surface area contributed by atoms with Crippen molar-refractivity contribution in [3.63, 3.8) is 0 Å². The van der Waals surface area contributed by atoms with Gasteiger partial charge in [0.25, 0.3) is 0 Å². The van der Waals surface area contributed by atoms with Crippen LogP contribution in [-0.2, 0) is 4.79 Å². The van der Waals surface area contributed by atoms with Crippen molar-refractivity contribution in [1.29, 1.82) is 0 Å². The second-order valence-electron chi connectivity index (χ2n) is 2.77. The van der Waals surface area contributed by atoms with E-state index in [1.54, 1.807) is 0 Å². The topological polar surface area (TPSA) is 29.1 Å². The van der Waals surface area contributed by atoms with E-state index >= 15 is 0 Å². The standard InChI is InChI=1S/C12H11NO/c1-3-7-12(13-10(2)14)11-8-5-4-6-9-11/h1,4-9H,2H3,(H,13,14)/b12-7-. The smallest absolute Gasteiger partial charge is 0.221 e. The van der Waals surface area contributed by atoms with Gasteiger partial charge in [0.1, 0.15) is 0 Å². The summed E-state index contributed by atoms with van der Waals surface area (Å²) in [5.74, 6) is 2.27. The van der Waals surface area contributed by atoms with Crippen LogP contribution in [0.4, 0.5) is 0 Å². The summed E-state index contributed by atoms with van der Waals surface area (Å²) in [5, 5.41) is 2.68. The fourth-order valence-corrected chi connectivity index (χ4v) is 1.08. The summed E-state index contributed by atoms with van der Waals surface area (Å²) < 4.78 is 0. The van der Waals surface area contributed by atoms with Crippen LogP contribution in [0.5, 0.6) is 0 Å². The van der Waals surface area contributed by atoms with Gasteiger partial charge in [-0.05, 0) is 5.56 Å². The SMILES string of the molecule is C#C/C=C(\NC(C)=O)c1ccccc1. The fourth-order valence-electron chi connectivity index (χ4n) is 1.08. The Morgan fingerprint density at radius 2 is 2.07 bits per heavy atom. The van der Waals surface area contributed by atoms with Crippen molar-refractivity contribution in [2.24, 2.45) is 0 Å². The molecule has 0 saturated carbocycles. The van der Waals surface area contributed by atoms with Crippen LogP contribution in [0.15, 0.2) is 36.4 Å². The predicted octanol–water partition coefficient (Wildman–Crippen LogP) is 1.80. The molecule has 0 unspecified atom stereocenters. The van der Waals surface area contributed by atoms with Gasteiger partial charge in [-0.1, -0.05) is 36.3 Å². The second-order valence-corrected chi connectivity index (χ2v) is 2.77. The highest BCUT2D eigenvalue weighted by molar-refractivity contribution is 5.85. The quantitative estimate of drug-likeness (QED) is 0.699.